The van der Waals surface area contributed by atoms with Gasteiger partial charge < -0.3 is 10.4 Å². The van der Waals surface area contributed by atoms with Crippen LogP contribution in [0, 0.1) is 6.92 Å². The van der Waals surface area contributed by atoms with Gasteiger partial charge in [-0.05, 0) is 38.7 Å². The van der Waals surface area contributed by atoms with Crippen molar-refractivity contribution in [2.45, 2.75) is 52.1 Å². The minimum atomic E-state index is 0.228. The third-order valence-electron chi connectivity index (χ3n) is 3.22. The predicted molar refractivity (Wildman–Crippen MR) is 73.3 cm³/mol. The lowest BCUT2D eigenvalue weighted by atomic mass is 10.0. The van der Waals surface area contributed by atoms with E-state index in [2.05, 4.69) is 50.4 Å². The molecule has 2 N–H and O–H groups in total. The van der Waals surface area contributed by atoms with Crippen molar-refractivity contribution in [3.63, 3.8) is 0 Å². The lowest BCUT2D eigenvalue weighted by Crippen LogP contribution is -2.38. The van der Waals surface area contributed by atoms with Crippen LogP contribution in [0.1, 0.15) is 37.8 Å². The van der Waals surface area contributed by atoms with E-state index < -0.39 is 0 Å². The second-order valence-electron chi connectivity index (χ2n) is 4.88. The first-order chi connectivity index (χ1) is 8.15. The van der Waals surface area contributed by atoms with E-state index in [4.69, 9.17) is 5.11 Å². The lowest BCUT2D eigenvalue weighted by molar-refractivity contribution is 0.228. The quantitative estimate of drug-likeness (QED) is 0.761. The van der Waals surface area contributed by atoms with Gasteiger partial charge in [0.2, 0.25) is 0 Å². The molecule has 2 atom stereocenters. The van der Waals surface area contributed by atoms with E-state index in [1.165, 1.54) is 11.1 Å². The fraction of sp³-hybridized carbons (Fsp3) is 0.600. The Hall–Kier alpha value is -0.860. The third kappa shape index (κ3) is 5.33. The van der Waals surface area contributed by atoms with E-state index in [0.29, 0.717) is 6.04 Å². The second-order valence-corrected chi connectivity index (χ2v) is 4.88. The maximum absolute atomic E-state index is 9.13. The first-order valence-corrected chi connectivity index (χ1v) is 6.58. The molecule has 1 aromatic rings. The normalized spacial score (nSPS) is 14.6. The standard InChI is InChI=1S/C15H25NO/c1-4-15(11-17)16-13(3)7-10-14-8-5-12(2)6-9-14/h5-6,8-9,13,15-17H,4,7,10-11H2,1-3H3. The maximum atomic E-state index is 9.13. The summed E-state index contributed by atoms with van der Waals surface area (Å²) in [5.74, 6) is 0. The number of aryl methyl sites for hydroxylation is 2. The van der Waals surface area contributed by atoms with Crippen molar-refractivity contribution in [3.05, 3.63) is 35.4 Å². The fourth-order valence-electron chi connectivity index (χ4n) is 1.92. The van der Waals surface area contributed by atoms with Gasteiger partial charge in [-0.3, -0.25) is 0 Å². The van der Waals surface area contributed by atoms with Gasteiger partial charge in [0.25, 0.3) is 0 Å². The Balaban J connectivity index is 2.32. The smallest absolute Gasteiger partial charge is 0.0584 e. The minimum Gasteiger partial charge on any atom is -0.395 e. The van der Waals surface area contributed by atoms with Crippen LogP contribution in [0.3, 0.4) is 0 Å². The number of aliphatic hydroxyl groups is 1. The lowest BCUT2D eigenvalue weighted by Gasteiger charge is -2.20. The molecule has 0 aromatic heterocycles. The van der Waals surface area contributed by atoms with Crippen LogP contribution in [0.25, 0.3) is 0 Å². The van der Waals surface area contributed by atoms with Gasteiger partial charge in [0.05, 0.1) is 6.61 Å². The molecule has 0 spiro atoms. The van der Waals surface area contributed by atoms with E-state index in [-0.39, 0.29) is 12.6 Å². The average Bonchev–Trinajstić information content (AvgIpc) is 2.35. The van der Waals surface area contributed by atoms with Gasteiger partial charge in [-0.15, -0.1) is 0 Å². The van der Waals surface area contributed by atoms with Crippen molar-refractivity contribution < 1.29 is 5.11 Å². The topological polar surface area (TPSA) is 32.3 Å². The molecule has 1 aromatic carbocycles. The maximum Gasteiger partial charge on any atom is 0.0584 e. The van der Waals surface area contributed by atoms with Crippen molar-refractivity contribution in [2.75, 3.05) is 6.61 Å². The number of benzene rings is 1. The van der Waals surface area contributed by atoms with Crippen LogP contribution >= 0.6 is 0 Å². The Bertz CT molecular complexity index is 303. The zero-order valence-corrected chi connectivity index (χ0v) is 11.2. The zero-order valence-electron chi connectivity index (χ0n) is 11.2. The Morgan fingerprint density at radius 2 is 1.88 bits per heavy atom. The molecule has 0 saturated carbocycles. The summed E-state index contributed by atoms with van der Waals surface area (Å²) in [5.41, 5.74) is 2.70. The summed E-state index contributed by atoms with van der Waals surface area (Å²) >= 11 is 0. The largest absolute Gasteiger partial charge is 0.395 e. The summed E-state index contributed by atoms with van der Waals surface area (Å²) in [6.07, 6.45) is 3.18. The molecule has 0 fully saturated rings. The first-order valence-electron chi connectivity index (χ1n) is 6.58. The predicted octanol–water partition coefficient (Wildman–Crippen LogP) is 2.68. The van der Waals surface area contributed by atoms with E-state index in [0.717, 1.165) is 19.3 Å². The number of nitrogens with one attached hydrogen (secondary N) is 1. The zero-order chi connectivity index (χ0) is 12.7. The van der Waals surface area contributed by atoms with Gasteiger partial charge >= 0.3 is 0 Å². The van der Waals surface area contributed by atoms with Gasteiger partial charge in [0, 0.05) is 12.1 Å². The van der Waals surface area contributed by atoms with Crippen molar-refractivity contribution in [1.82, 2.24) is 5.32 Å². The summed E-state index contributed by atoms with van der Waals surface area (Å²) in [4.78, 5) is 0. The number of rotatable bonds is 7. The second kappa shape index (κ2) is 7.46. The average molecular weight is 235 g/mol. The molecular weight excluding hydrogens is 210 g/mol. The fourth-order valence-corrected chi connectivity index (χ4v) is 1.92. The Kier molecular flexibility index (Phi) is 6.23. The van der Waals surface area contributed by atoms with Gasteiger partial charge in [-0.25, -0.2) is 0 Å². The van der Waals surface area contributed by atoms with Crippen LogP contribution in [-0.4, -0.2) is 23.8 Å². The molecule has 96 valence electrons. The molecule has 0 aliphatic heterocycles. The van der Waals surface area contributed by atoms with E-state index in [1.54, 1.807) is 0 Å². The highest BCUT2D eigenvalue weighted by Crippen LogP contribution is 2.08. The van der Waals surface area contributed by atoms with Crippen LogP contribution in [-0.2, 0) is 6.42 Å². The highest BCUT2D eigenvalue weighted by molar-refractivity contribution is 5.21. The van der Waals surface area contributed by atoms with Crippen LogP contribution in [0.4, 0.5) is 0 Å². The molecule has 0 saturated heterocycles. The van der Waals surface area contributed by atoms with Gasteiger partial charge in [-0.1, -0.05) is 36.8 Å². The summed E-state index contributed by atoms with van der Waals surface area (Å²) < 4.78 is 0. The molecule has 0 aliphatic carbocycles. The van der Waals surface area contributed by atoms with Crippen LogP contribution in [0.5, 0.6) is 0 Å². The summed E-state index contributed by atoms with van der Waals surface area (Å²) in [7, 11) is 0. The van der Waals surface area contributed by atoms with Crippen molar-refractivity contribution in [1.29, 1.82) is 0 Å². The van der Waals surface area contributed by atoms with Gasteiger partial charge in [0.15, 0.2) is 0 Å². The van der Waals surface area contributed by atoms with Crippen LogP contribution in [0.2, 0.25) is 0 Å². The van der Waals surface area contributed by atoms with E-state index in [9.17, 15) is 0 Å². The Morgan fingerprint density at radius 1 is 1.24 bits per heavy atom. The molecule has 0 amide bonds. The summed E-state index contributed by atoms with van der Waals surface area (Å²) in [6.45, 7) is 6.62. The molecule has 2 nitrogen and oxygen atoms in total. The van der Waals surface area contributed by atoms with Gasteiger partial charge in [0.1, 0.15) is 0 Å². The number of hydrogen-bond donors (Lipinski definition) is 2. The number of hydrogen-bond acceptors (Lipinski definition) is 2. The molecule has 2 heteroatoms. The number of aliphatic hydroxyl groups excluding tert-OH is 1. The first kappa shape index (κ1) is 14.2. The van der Waals surface area contributed by atoms with Crippen molar-refractivity contribution in [2.24, 2.45) is 0 Å². The highest BCUT2D eigenvalue weighted by atomic mass is 16.3. The van der Waals surface area contributed by atoms with Gasteiger partial charge in [-0.2, -0.15) is 0 Å². The Morgan fingerprint density at radius 3 is 2.41 bits per heavy atom. The van der Waals surface area contributed by atoms with Crippen molar-refractivity contribution in [3.8, 4) is 0 Å². The molecule has 0 bridgehead atoms. The van der Waals surface area contributed by atoms with Crippen molar-refractivity contribution >= 4 is 0 Å². The molecule has 0 aliphatic rings. The van der Waals surface area contributed by atoms with Crippen LogP contribution in [0.15, 0.2) is 24.3 Å². The molecular formula is C15H25NO. The SMILES string of the molecule is CCC(CO)NC(C)CCc1ccc(C)cc1. The molecule has 1 rings (SSSR count). The monoisotopic (exact) mass is 235 g/mol. The van der Waals surface area contributed by atoms with E-state index in [1.807, 2.05) is 0 Å². The van der Waals surface area contributed by atoms with E-state index >= 15 is 0 Å². The highest BCUT2D eigenvalue weighted by Gasteiger charge is 2.08. The minimum absolute atomic E-state index is 0.228. The summed E-state index contributed by atoms with van der Waals surface area (Å²) in [6, 6.07) is 9.42. The summed E-state index contributed by atoms with van der Waals surface area (Å²) in [5, 5.41) is 12.6. The molecule has 0 heterocycles. The molecule has 17 heavy (non-hydrogen) atoms. The Labute approximate surface area is 105 Å². The molecule has 0 radical (unpaired) electrons. The third-order valence-corrected chi connectivity index (χ3v) is 3.22. The molecule has 2 unspecified atom stereocenters. The van der Waals surface area contributed by atoms with Crippen LogP contribution < -0.4 is 5.32 Å².